The summed E-state index contributed by atoms with van der Waals surface area (Å²) in [6, 6.07) is 18.5. The minimum atomic E-state index is -3.83. The molecule has 26 heavy (non-hydrogen) atoms. The average molecular weight is 403 g/mol. The maximum Gasteiger partial charge on any atom is 0.224 e. The predicted octanol–water partition coefficient (Wildman–Crippen LogP) is 5.14. The molecular weight excluding hydrogens is 391 g/mol. The minimum Gasteiger partial charge on any atom is -0.290 e. The van der Waals surface area contributed by atoms with Crippen LogP contribution < -0.4 is 0 Å². The first-order valence-electron chi connectivity index (χ1n) is 7.70. The third-order valence-electron chi connectivity index (χ3n) is 3.97. The first-order valence-corrected chi connectivity index (χ1v) is 9.94. The average Bonchev–Trinajstić information content (AvgIpc) is 3.02. The molecular formula is C19H12Cl2N2O2S. The Morgan fingerprint density at radius 2 is 1.54 bits per heavy atom. The molecule has 0 saturated carbocycles. The van der Waals surface area contributed by atoms with Gasteiger partial charge in [0.15, 0.2) is 5.03 Å². The van der Waals surface area contributed by atoms with E-state index in [2.05, 4.69) is 4.98 Å². The van der Waals surface area contributed by atoms with E-state index in [-0.39, 0.29) is 9.92 Å². The third kappa shape index (κ3) is 2.88. The molecule has 0 aliphatic carbocycles. The number of rotatable bonds is 3. The van der Waals surface area contributed by atoms with Gasteiger partial charge in [-0.25, -0.2) is 13.4 Å². The fourth-order valence-corrected chi connectivity index (χ4v) is 4.59. The smallest absolute Gasteiger partial charge is 0.224 e. The second kappa shape index (κ2) is 6.43. The van der Waals surface area contributed by atoms with Gasteiger partial charge in [0.05, 0.1) is 4.90 Å². The van der Waals surface area contributed by atoms with Crippen molar-refractivity contribution in [2.45, 2.75) is 9.92 Å². The summed E-state index contributed by atoms with van der Waals surface area (Å²) < 4.78 is 28.3. The molecule has 0 N–H and O–H groups in total. The van der Waals surface area contributed by atoms with Crippen LogP contribution in [-0.2, 0) is 9.84 Å². The first kappa shape index (κ1) is 17.1. The molecule has 0 aliphatic heterocycles. The zero-order valence-electron chi connectivity index (χ0n) is 13.3. The van der Waals surface area contributed by atoms with Crippen LogP contribution in [0.5, 0.6) is 0 Å². The largest absolute Gasteiger partial charge is 0.290 e. The summed E-state index contributed by atoms with van der Waals surface area (Å²) in [5.41, 5.74) is 1.55. The van der Waals surface area contributed by atoms with Gasteiger partial charge in [0, 0.05) is 27.9 Å². The van der Waals surface area contributed by atoms with Crippen molar-refractivity contribution in [1.82, 2.24) is 9.38 Å². The minimum absolute atomic E-state index is 0.0951. The van der Waals surface area contributed by atoms with Crippen LogP contribution in [0.3, 0.4) is 0 Å². The molecule has 7 heteroatoms. The molecule has 4 nitrogen and oxygen atoms in total. The Balaban J connectivity index is 2.06. The van der Waals surface area contributed by atoms with Gasteiger partial charge >= 0.3 is 0 Å². The topological polar surface area (TPSA) is 51.4 Å². The van der Waals surface area contributed by atoms with E-state index in [1.807, 2.05) is 30.3 Å². The molecule has 0 aliphatic rings. The summed E-state index contributed by atoms with van der Waals surface area (Å²) >= 11 is 12.0. The highest BCUT2D eigenvalue weighted by Crippen LogP contribution is 2.33. The lowest BCUT2D eigenvalue weighted by molar-refractivity contribution is 0.591. The highest BCUT2D eigenvalue weighted by atomic mass is 35.5. The standard InChI is InChI=1S/C19H12Cl2N2O2S/c20-14-6-8-16(9-7-14)26(24,25)19-18(13-4-2-1-3-5-13)22-17-12-15(21)10-11-23(17)19/h1-12H. The van der Waals surface area contributed by atoms with Crippen molar-refractivity contribution >= 4 is 38.7 Å². The predicted molar refractivity (Wildman–Crippen MR) is 103 cm³/mol. The van der Waals surface area contributed by atoms with E-state index in [1.165, 1.54) is 16.5 Å². The number of imidazole rings is 1. The summed E-state index contributed by atoms with van der Waals surface area (Å²) in [4.78, 5) is 4.68. The van der Waals surface area contributed by atoms with E-state index < -0.39 is 9.84 Å². The number of sulfone groups is 1. The van der Waals surface area contributed by atoms with Crippen molar-refractivity contribution in [2.75, 3.05) is 0 Å². The Morgan fingerprint density at radius 1 is 0.846 bits per heavy atom. The molecule has 0 spiro atoms. The van der Waals surface area contributed by atoms with Crippen LogP contribution in [0.2, 0.25) is 10.0 Å². The van der Waals surface area contributed by atoms with Crippen molar-refractivity contribution < 1.29 is 8.42 Å². The molecule has 0 bridgehead atoms. The number of benzene rings is 2. The van der Waals surface area contributed by atoms with Gasteiger partial charge in [0.25, 0.3) is 0 Å². The Kier molecular flexibility index (Phi) is 4.23. The van der Waals surface area contributed by atoms with Crippen LogP contribution in [-0.4, -0.2) is 17.8 Å². The van der Waals surface area contributed by atoms with E-state index in [4.69, 9.17) is 23.2 Å². The van der Waals surface area contributed by atoms with Gasteiger partial charge in [-0.05, 0) is 30.3 Å². The maximum atomic E-state index is 13.4. The second-order valence-electron chi connectivity index (χ2n) is 5.66. The molecule has 0 unspecified atom stereocenters. The highest BCUT2D eigenvalue weighted by molar-refractivity contribution is 7.91. The molecule has 4 aromatic rings. The van der Waals surface area contributed by atoms with Gasteiger partial charge in [-0.1, -0.05) is 53.5 Å². The van der Waals surface area contributed by atoms with Gasteiger partial charge in [-0.3, -0.25) is 4.40 Å². The highest BCUT2D eigenvalue weighted by Gasteiger charge is 2.28. The van der Waals surface area contributed by atoms with E-state index in [9.17, 15) is 8.42 Å². The molecule has 2 aromatic carbocycles. The number of pyridine rings is 1. The fraction of sp³-hybridized carbons (Fsp3) is 0. The molecule has 130 valence electrons. The Bertz CT molecular complexity index is 1200. The SMILES string of the molecule is O=S(=O)(c1ccc(Cl)cc1)c1c(-c2ccccc2)nc2cc(Cl)ccn12. The molecule has 0 amide bonds. The van der Waals surface area contributed by atoms with Crippen LogP contribution in [0.25, 0.3) is 16.9 Å². The van der Waals surface area contributed by atoms with Crippen LogP contribution in [0.4, 0.5) is 0 Å². The quantitative estimate of drug-likeness (QED) is 0.476. The number of halogens is 2. The number of hydrogen-bond acceptors (Lipinski definition) is 3. The van der Waals surface area contributed by atoms with E-state index >= 15 is 0 Å². The number of hydrogen-bond donors (Lipinski definition) is 0. The van der Waals surface area contributed by atoms with Crippen LogP contribution in [0, 0.1) is 0 Å². The maximum absolute atomic E-state index is 13.4. The summed E-state index contributed by atoms with van der Waals surface area (Å²) in [5.74, 6) is 0. The lowest BCUT2D eigenvalue weighted by atomic mass is 10.2. The molecule has 0 atom stereocenters. The zero-order chi connectivity index (χ0) is 18.3. The second-order valence-corrected chi connectivity index (χ2v) is 8.40. The van der Waals surface area contributed by atoms with Crippen molar-refractivity contribution in [3.05, 3.63) is 83.0 Å². The van der Waals surface area contributed by atoms with Gasteiger partial charge < -0.3 is 0 Å². The lowest BCUT2D eigenvalue weighted by Crippen LogP contribution is -2.07. The van der Waals surface area contributed by atoms with Gasteiger partial charge in [-0.2, -0.15) is 0 Å². The van der Waals surface area contributed by atoms with Crippen LogP contribution in [0.1, 0.15) is 0 Å². The van der Waals surface area contributed by atoms with Gasteiger partial charge in [-0.15, -0.1) is 0 Å². The number of aromatic nitrogens is 2. The normalized spacial score (nSPS) is 11.8. The molecule has 4 rings (SSSR count). The van der Waals surface area contributed by atoms with Crippen LogP contribution >= 0.6 is 23.2 Å². The summed E-state index contributed by atoms with van der Waals surface area (Å²) in [5, 5.41) is 1.05. The molecule has 0 fully saturated rings. The van der Waals surface area contributed by atoms with Gasteiger partial charge in [0.2, 0.25) is 9.84 Å². The van der Waals surface area contributed by atoms with Crippen LogP contribution in [0.15, 0.2) is 82.8 Å². The van der Waals surface area contributed by atoms with E-state index in [0.29, 0.717) is 26.9 Å². The van der Waals surface area contributed by atoms with Crippen molar-refractivity contribution in [2.24, 2.45) is 0 Å². The summed E-state index contributed by atoms with van der Waals surface area (Å²) in [6.45, 7) is 0. The third-order valence-corrected chi connectivity index (χ3v) is 6.25. The Hall–Kier alpha value is -2.34. The summed E-state index contributed by atoms with van der Waals surface area (Å²) in [6.07, 6.45) is 1.61. The Labute approximate surface area is 160 Å². The molecule has 2 heterocycles. The van der Waals surface area contributed by atoms with Crippen molar-refractivity contribution in [3.63, 3.8) is 0 Å². The summed E-state index contributed by atoms with van der Waals surface area (Å²) in [7, 11) is -3.83. The molecule has 2 aromatic heterocycles. The Morgan fingerprint density at radius 3 is 2.23 bits per heavy atom. The monoisotopic (exact) mass is 402 g/mol. The lowest BCUT2D eigenvalue weighted by Gasteiger charge is -2.08. The molecule has 0 saturated heterocycles. The van der Waals surface area contributed by atoms with E-state index in [1.54, 1.807) is 30.5 Å². The van der Waals surface area contributed by atoms with Gasteiger partial charge in [0.1, 0.15) is 11.3 Å². The number of nitrogens with zero attached hydrogens (tertiary/aromatic N) is 2. The van der Waals surface area contributed by atoms with Crippen molar-refractivity contribution in [3.8, 4) is 11.3 Å². The molecule has 0 radical (unpaired) electrons. The zero-order valence-corrected chi connectivity index (χ0v) is 15.6. The number of fused-ring (bicyclic) bond motifs is 1. The van der Waals surface area contributed by atoms with E-state index in [0.717, 1.165) is 0 Å². The fourth-order valence-electron chi connectivity index (χ4n) is 2.76. The first-order chi connectivity index (χ1) is 12.5. The van der Waals surface area contributed by atoms with Crippen molar-refractivity contribution in [1.29, 1.82) is 0 Å².